The highest BCUT2D eigenvalue weighted by atomic mass is 79.9. The molecule has 0 heterocycles. The summed E-state index contributed by atoms with van der Waals surface area (Å²) in [6.45, 7) is 2.48. The molecule has 0 aliphatic heterocycles. The lowest BCUT2D eigenvalue weighted by molar-refractivity contribution is -0.117. The molecule has 1 atom stereocenters. The topological polar surface area (TPSA) is 64.9 Å². The summed E-state index contributed by atoms with van der Waals surface area (Å²) in [6.07, 6.45) is 6.20. The predicted molar refractivity (Wildman–Crippen MR) is 114 cm³/mol. The van der Waals surface area contributed by atoms with Gasteiger partial charge in [-0.1, -0.05) is 52.3 Å². The van der Waals surface area contributed by atoms with Gasteiger partial charge >= 0.3 is 0 Å². The van der Waals surface area contributed by atoms with E-state index in [1.54, 1.807) is 0 Å². The minimum absolute atomic E-state index is 0.0665. The first-order valence-electron chi connectivity index (χ1n) is 9.58. The van der Waals surface area contributed by atoms with Crippen molar-refractivity contribution >= 4 is 21.8 Å². The van der Waals surface area contributed by atoms with Gasteiger partial charge in [0.15, 0.2) is 0 Å². The first-order chi connectivity index (χ1) is 13.6. The molecule has 0 aromatic heterocycles. The van der Waals surface area contributed by atoms with Crippen LogP contribution in [-0.2, 0) is 24.2 Å². The maximum absolute atomic E-state index is 12.5. The Morgan fingerprint density at radius 2 is 1.96 bits per heavy atom. The van der Waals surface area contributed by atoms with E-state index in [9.17, 15) is 10.1 Å². The van der Waals surface area contributed by atoms with E-state index in [1.165, 1.54) is 30.2 Å². The summed E-state index contributed by atoms with van der Waals surface area (Å²) in [5.74, 6) is -0.368. The van der Waals surface area contributed by atoms with E-state index in [4.69, 9.17) is 0 Å². The summed E-state index contributed by atoms with van der Waals surface area (Å²) in [4.78, 5) is 12.5. The summed E-state index contributed by atoms with van der Waals surface area (Å²) in [5, 5.41) is 15.3. The zero-order chi connectivity index (χ0) is 19.9. The number of aryl methyl sites for hydroxylation is 2. The minimum atomic E-state index is -0.368. The molecule has 1 amide bonds. The van der Waals surface area contributed by atoms with Gasteiger partial charge in [0.1, 0.15) is 11.6 Å². The minimum Gasteiger partial charge on any atom is -0.386 e. The van der Waals surface area contributed by atoms with Crippen LogP contribution in [0.4, 0.5) is 0 Å². The van der Waals surface area contributed by atoms with Crippen LogP contribution in [0.5, 0.6) is 0 Å². The van der Waals surface area contributed by atoms with Gasteiger partial charge in [0.2, 0.25) is 0 Å². The van der Waals surface area contributed by atoms with Crippen LogP contribution in [0.25, 0.3) is 0 Å². The smallest absolute Gasteiger partial charge is 0.263 e. The largest absolute Gasteiger partial charge is 0.386 e. The van der Waals surface area contributed by atoms with Crippen molar-refractivity contribution in [1.29, 1.82) is 5.26 Å². The lowest BCUT2D eigenvalue weighted by atomic mass is 9.89. The first kappa shape index (κ1) is 20.2. The summed E-state index contributed by atoms with van der Waals surface area (Å²) in [7, 11) is 0. The summed E-state index contributed by atoms with van der Waals surface area (Å²) >= 11 is 3.49. The maximum atomic E-state index is 12.5. The molecular weight excluding hydrogens is 414 g/mol. The van der Waals surface area contributed by atoms with Crippen LogP contribution in [-0.4, -0.2) is 5.91 Å². The first-order valence-corrected chi connectivity index (χ1v) is 10.4. The van der Waals surface area contributed by atoms with Crippen molar-refractivity contribution in [1.82, 2.24) is 10.6 Å². The van der Waals surface area contributed by atoms with Crippen molar-refractivity contribution in [3.8, 4) is 6.07 Å². The Balaban J connectivity index is 1.61. The van der Waals surface area contributed by atoms with E-state index in [0.29, 0.717) is 6.54 Å². The number of rotatable bonds is 6. The van der Waals surface area contributed by atoms with Crippen molar-refractivity contribution in [3.05, 3.63) is 81.0 Å². The van der Waals surface area contributed by atoms with Crippen LogP contribution in [0, 0.1) is 11.3 Å². The molecule has 0 saturated heterocycles. The Morgan fingerprint density at radius 1 is 1.21 bits per heavy atom. The van der Waals surface area contributed by atoms with Gasteiger partial charge in [0.25, 0.3) is 5.91 Å². The zero-order valence-electron chi connectivity index (χ0n) is 16.0. The highest BCUT2D eigenvalue weighted by Crippen LogP contribution is 2.25. The van der Waals surface area contributed by atoms with Gasteiger partial charge in [-0.2, -0.15) is 5.26 Å². The molecule has 2 aromatic rings. The van der Waals surface area contributed by atoms with E-state index in [-0.39, 0.29) is 17.5 Å². The molecule has 3 rings (SSSR count). The molecule has 1 aliphatic carbocycles. The van der Waals surface area contributed by atoms with Gasteiger partial charge in [-0.05, 0) is 60.9 Å². The van der Waals surface area contributed by atoms with Crippen LogP contribution >= 0.6 is 15.9 Å². The number of carbonyl (C=O) groups excluding carboxylic acids is 1. The molecule has 0 saturated carbocycles. The van der Waals surface area contributed by atoms with Gasteiger partial charge < -0.3 is 10.6 Å². The number of hydrogen-bond donors (Lipinski definition) is 2. The highest BCUT2D eigenvalue weighted by Gasteiger charge is 2.16. The average molecular weight is 438 g/mol. The Hall–Kier alpha value is -2.58. The number of nitrogens with one attached hydrogen (secondary N) is 2. The number of nitrogens with zero attached hydrogens (tertiary/aromatic N) is 1. The third-order valence-corrected chi connectivity index (χ3v) is 5.86. The van der Waals surface area contributed by atoms with Crippen molar-refractivity contribution in [2.45, 2.75) is 45.2 Å². The molecule has 2 N–H and O–H groups in total. The predicted octanol–water partition coefficient (Wildman–Crippen LogP) is 4.70. The Kier molecular flexibility index (Phi) is 6.89. The molecule has 144 valence electrons. The zero-order valence-corrected chi connectivity index (χ0v) is 17.6. The van der Waals surface area contributed by atoms with Gasteiger partial charge in [0, 0.05) is 17.2 Å². The number of nitriles is 1. The monoisotopic (exact) mass is 437 g/mol. The molecule has 0 bridgehead atoms. The van der Waals surface area contributed by atoms with Crippen LogP contribution in [0.1, 0.15) is 48.1 Å². The summed E-state index contributed by atoms with van der Waals surface area (Å²) in [5.41, 5.74) is 5.00. The number of fused-ring (bicyclic) bond motifs is 1. The lowest BCUT2D eigenvalue weighted by Crippen LogP contribution is -2.28. The number of carbonyl (C=O) groups is 1. The SMILES string of the molecule is CC(NC(=O)/C(C#N)=C\NCc1ccccc1Br)c1ccc2c(c1)CCCC2. The fraction of sp³-hybridized carbons (Fsp3) is 0.304. The Morgan fingerprint density at radius 3 is 2.71 bits per heavy atom. The van der Waals surface area contributed by atoms with E-state index >= 15 is 0 Å². The fourth-order valence-electron chi connectivity index (χ4n) is 3.43. The van der Waals surface area contributed by atoms with Gasteiger partial charge in [-0.15, -0.1) is 0 Å². The number of benzene rings is 2. The number of halogens is 1. The normalized spacial score (nSPS) is 14.5. The second-order valence-electron chi connectivity index (χ2n) is 7.07. The van der Waals surface area contributed by atoms with E-state index in [1.807, 2.05) is 37.3 Å². The van der Waals surface area contributed by atoms with Crippen LogP contribution in [0.15, 0.2) is 58.7 Å². The van der Waals surface area contributed by atoms with E-state index in [0.717, 1.165) is 28.4 Å². The number of amides is 1. The fourth-order valence-corrected chi connectivity index (χ4v) is 3.86. The lowest BCUT2D eigenvalue weighted by Gasteiger charge is -2.20. The van der Waals surface area contributed by atoms with Crippen molar-refractivity contribution < 1.29 is 4.79 Å². The van der Waals surface area contributed by atoms with Crippen LogP contribution in [0.3, 0.4) is 0 Å². The van der Waals surface area contributed by atoms with Crippen molar-refractivity contribution in [3.63, 3.8) is 0 Å². The second-order valence-corrected chi connectivity index (χ2v) is 7.93. The van der Waals surface area contributed by atoms with Gasteiger partial charge in [0.05, 0.1) is 6.04 Å². The molecule has 2 aromatic carbocycles. The third-order valence-electron chi connectivity index (χ3n) is 5.08. The van der Waals surface area contributed by atoms with Crippen LogP contribution < -0.4 is 10.6 Å². The molecule has 0 radical (unpaired) electrons. The Bertz CT molecular complexity index is 930. The van der Waals surface area contributed by atoms with Gasteiger partial charge in [-0.3, -0.25) is 4.79 Å². The van der Waals surface area contributed by atoms with Crippen molar-refractivity contribution in [2.24, 2.45) is 0 Å². The van der Waals surface area contributed by atoms with E-state index in [2.05, 4.69) is 44.8 Å². The highest BCUT2D eigenvalue weighted by molar-refractivity contribution is 9.10. The second kappa shape index (κ2) is 9.57. The maximum Gasteiger partial charge on any atom is 0.263 e. The molecule has 28 heavy (non-hydrogen) atoms. The standard InChI is InChI=1S/C23H24BrN3O/c1-16(18-11-10-17-6-2-3-7-19(17)12-18)27-23(28)21(13-25)15-26-14-20-8-4-5-9-22(20)24/h4-5,8-12,15-16,26H,2-3,6-7,14H2,1H3,(H,27,28)/b21-15-. The molecule has 1 aliphatic rings. The van der Waals surface area contributed by atoms with Gasteiger partial charge in [-0.25, -0.2) is 0 Å². The molecule has 0 spiro atoms. The summed E-state index contributed by atoms with van der Waals surface area (Å²) < 4.78 is 0.986. The third kappa shape index (κ3) is 5.02. The molecule has 1 unspecified atom stereocenters. The quantitative estimate of drug-likeness (QED) is 0.508. The molecule has 4 nitrogen and oxygen atoms in total. The van der Waals surface area contributed by atoms with Crippen molar-refractivity contribution in [2.75, 3.05) is 0 Å². The van der Waals surface area contributed by atoms with Crippen LogP contribution in [0.2, 0.25) is 0 Å². The molecule has 5 heteroatoms. The average Bonchev–Trinajstić information content (AvgIpc) is 2.72. The van der Waals surface area contributed by atoms with E-state index < -0.39 is 0 Å². The molecular formula is C23H24BrN3O. The number of hydrogen-bond acceptors (Lipinski definition) is 3. The Labute approximate surface area is 174 Å². The molecule has 0 fully saturated rings. The summed E-state index contributed by atoms with van der Waals surface area (Å²) in [6, 6.07) is 16.1.